The van der Waals surface area contributed by atoms with Gasteiger partial charge < -0.3 is 10.1 Å². The van der Waals surface area contributed by atoms with Gasteiger partial charge in [-0.2, -0.15) is 0 Å². The number of amides is 2. The molecule has 0 aliphatic carbocycles. The summed E-state index contributed by atoms with van der Waals surface area (Å²) in [6, 6.07) is 10.4. The Hall–Kier alpha value is -2.53. The van der Waals surface area contributed by atoms with Crippen molar-refractivity contribution >= 4 is 34.8 Å². The number of carbonyl (C=O) groups excluding carboxylic acids is 2. The Balaban J connectivity index is 1.89. The first-order valence-electron chi connectivity index (χ1n) is 7.95. The summed E-state index contributed by atoms with van der Waals surface area (Å²) in [6.07, 6.45) is 0.0948. The second-order valence-electron chi connectivity index (χ2n) is 6.11. The van der Waals surface area contributed by atoms with Crippen LogP contribution in [-0.2, 0) is 9.59 Å². The molecule has 5 nitrogen and oxygen atoms in total. The molecule has 130 valence electrons. The number of nitrogens with zero attached hydrogens (tertiary/aromatic N) is 1. The number of benzene rings is 2. The molecule has 1 atom stereocenters. The Morgan fingerprint density at radius 1 is 1.16 bits per heavy atom. The largest absolute Gasteiger partial charge is 0.495 e. The third kappa shape index (κ3) is 3.33. The average Bonchev–Trinajstić information content (AvgIpc) is 2.85. The average molecular weight is 359 g/mol. The van der Waals surface area contributed by atoms with E-state index in [-0.39, 0.29) is 18.2 Å². The Labute approximate surface area is 151 Å². The van der Waals surface area contributed by atoms with Gasteiger partial charge in [0.2, 0.25) is 5.91 Å². The molecule has 0 radical (unpaired) electrons. The first-order valence-corrected chi connectivity index (χ1v) is 8.32. The van der Waals surface area contributed by atoms with Crippen molar-refractivity contribution in [1.82, 2.24) is 0 Å². The number of halogens is 1. The van der Waals surface area contributed by atoms with Crippen LogP contribution in [0.3, 0.4) is 0 Å². The van der Waals surface area contributed by atoms with E-state index in [0.717, 1.165) is 16.8 Å². The molecule has 1 heterocycles. The van der Waals surface area contributed by atoms with Gasteiger partial charge in [-0.15, -0.1) is 0 Å². The molecule has 2 aromatic carbocycles. The van der Waals surface area contributed by atoms with Crippen LogP contribution in [0, 0.1) is 13.8 Å². The highest BCUT2D eigenvalue weighted by atomic mass is 35.5. The molecule has 1 aliphatic rings. The summed E-state index contributed by atoms with van der Waals surface area (Å²) in [4.78, 5) is 26.5. The molecular weight excluding hydrogens is 340 g/mol. The van der Waals surface area contributed by atoms with E-state index in [4.69, 9.17) is 16.3 Å². The Kier molecular flexibility index (Phi) is 4.68. The molecule has 25 heavy (non-hydrogen) atoms. The molecule has 1 fully saturated rings. The standard InChI is InChI=1S/C19H19ClN2O3/c1-11-4-6-13(7-5-11)21-15-10-18(23)22(19(15)24)16-8-12(2)14(20)9-17(16)25-3/h4-9,15,21H,10H2,1-3H3. The van der Waals surface area contributed by atoms with Gasteiger partial charge >= 0.3 is 0 Å². The summed E-state index contributed by atoms with van der Waals surface area (Å²) in [5.74, 6) is -0.173. The van der Waals surface area contributed by atoms with Crippen LogP contribution in [0.4, 0.5) is 11.4 Å². The van der Waals surface area contributed by atoms with Gasteiger partial charge in [0.05, 0.1) is 19.2 Å². The van der Waals surface area contributed by atoms with E-state index in [9.17, 15) is 9.59 Å². The van der Waals surface area contributed by atoms with Crippen LogP contribution in [0.5, 0.6) is 5.75 Å². The van der Waals surface area contributed by atoms with Crippen molar-refractivity contribution in [1.29, 1.82) is 0 Å². The van der Waals surface area contributed by atoms with E-state index >= 15 is 0 Å². The molecule has 0 bridgehead atoms. The zero-order chi connectivity index (χ0) is 18.1. The molecule has 0 spiro atoms. The maximum atomic E-state index is 12.8. The zero-order valence-electron chi connectivity index (χ0n) is 14.3. The molecule has 2 amide bonds. The number of imide groups is 1. The molecular formula is C19H19ClN2O3. The first-order chi connectivity index (χ1) is 11.9. The molecule has 0 saturated carbocycles. The highest BCUT2D eigenvalue weighted by Gasteiger charge is 2.41. The van der Waals surface area contributed by atoms with E-state index in [1.54, 1.807) is 12.1 Å². The second kappa shape index (κ2) is 6.76. The highest BCUT2D eigenvalue weighted by molar-refractivity contribution is 6.32. The summed E-state index contributed by atoms with van der Waals surface area (Å²) >= 11 is 6.11. The van der Waals surface area contributed by atoms with E-state index in [1.807, 2.05) is 38.1 Å². The number of hydrogen-bond donors (Lipinski definition) is 1. The lowest BCUT2D eigenvalue weighted by Gasteiger charge is -2.19. The zero-order valence-corrected chi connectivity index (χ0v) is 15.1. The molecule has 3 rings (SSSR count). The predicted octanol–water partition coefficient (Wildman–Crippen LogP) is 3.71. The van der Waals surface area contributed by atoms with Crippen molar-refractivity contribution in [2.45, 2.75) is 26.3 Å². The fraction of sp³-hybridized carbons (Fsp3) is 0.263. The molecule has 0 aromatic heterocycles. The topological polar surface area (TPSA) is 58.6 Å². The minimum absolute atomic E-state index is 0.0948. The molecule has 6 heteroatoms. The van der Waals surface area contributed by atoms with E-state index in [2.05, 4.69) is 5.32 Å². The van der Waals surface area contributed by atoms with E-state index < -0.39 is 6.04 Å². The summed E-state index contributed by atoms with van der Waals surface area (Å²) in [5, 5.41) is 3.65. The van der Waals surface area contributed by atoms with Crippen molar-refractivity contribution in [2.24, 2.45) is 0 Å². The van der Waals surface area contributed by atoms with Gasteiger partial charge in [0.25, 0.3) is 5.91 Å². The van der Waals surface area contributed by atoms with Gasteiger partial charge in [-0.3, -0.25) is 9.59 Å². The molecule has 1 N–H and O–H groups in total. The first kappa shape index (κ1) is 17.3. The van der Waals surface area contributed by atoms with Crippen LogP contribution < -0.4 is 15.0 Å². The fourth-order valence-electron chi connectivity index (χ4n) is 2.84. The van der Waals surface area contributed by atoms with Crippen LogP contribution in [0.2, 0.25) is 5.02 Å². The van der Waals surface area contributed by atoms with Gasteiger partial charge in [-0.1, -0.05) is 29.3 Å². The lowest BCUT2D eigenvalue weighted by molar-refractivity contribution is -0.121. The summed E-state index contributed by atoms with van der Waals surface area (Å²) < 4.78 is 5.31. The number of rotatable bonds is 4. The SMILES string of the molecule is COc1cc(Cl)c(C)cc1N1C(=O)CC(Nc2ccc(C)cc2)C1=O. The Bertz CT molecular complexity index is 833. The smallest absolute Gasteiger partial charge is 0.256 e. The van der Waals surface area contributed by atoms with Gasteiger partial charge in [0.1, 0.15) is 11.8 Å². The van der Waals surface area contributed by atoms with Crippen molar-refractivity contribution < 1.29 is 14.3 Å². The van der Waals surface area contributed by atoms with Crippen LogP contribution >= 0.6 is 11.6 Å². The van der Waals surface area contributed by atoms with Gasteiger partial charge in [0, 0.05) is 16.8 Å². The maximum Gasteiger partial charge on any atom is 0.256 e. The third-order valence-corrected chi connectivity index (χ3v) is 4.65. The Morgan fingerprint density at radius 3 is 2.48 bits per heavy atom. The minimum atomic E-state index is -0.601. The quantitative estimate of drug-likeness (QED) is 0.846. The summed E-state index contributed by atoms with van der Waals surface area (Å²) in [7, 11) is 1.48. The third-order valence-electron chi connectivity index (χ3n) is 4.24. The monoisotopic (exact) mass is 358 g/mol. The molecule has 1 unspecified atom stereocenters. The van der Waals surface area contributed by atoms with Crippen LogP contribution in [0.25, 0.3) is 0 Å². The molecule has 1 aliphatic heterocycles. The second-order valence-corrected chi connectivity index (χ2v) is 6.51. The number of nitrogens with one attached hydrogen (secondary N) is 1. The number of ether oxygens (including phenoxy) is 1. The predicted molar refractivity (Wildman–Crippen MR) is 98.4 cm³/mol. The van der Waals surface area contributed by atoms with Crippen LogP contribution in [0.15, 0.2) is 36.4 Å². The van der Waals surface area contributed by atoms with Gasteiger partial charge in [0.15, 0.2) is 0 Å². The number of aryl methyl sites for hydroxylation is 2. The number of carbonyl (C=O) groups is 2. The lowest BCUT2D eigenvalue weighted by atomic mass is 10.2. The number of hydrogen-bond acceptors (Lipinski definition) is 4. The molecule has 2 aromatic rings. The van der Waals surface area contributed by atoms with Crippen LogP contribution in [0.1, 0.15) is 17.5 Å². The normalized spacial score (nSPS) is 17.1. The van der Waals surface area contributed by atoms with Gasteiger partial charge in [-0.25, -0.2) is 4.90 Å². The number of anilines is 2. The van der Waals surface area contributed by atoms with Crippen molar-refractivity contribution in [2.75, 3.05) is 17.3 Å². The summed E-state index contributed by atoms with van der Waals surface area (Å²) in [5.41, 5.74) is 3.13. The van der Waals surface area contributed by atoms with Gasteiger partial charge in [-0.05, 0) is 37.6 Å². The minimum Gasteiger partial charge on any atom is -0.495 e. The van der Waals surface area contributed by atoms with E-state index in [1.165, 1.54) is 12.0 Å². The van der Waals surface area contributed by atoms with Crippen molar-refractivity contribution in [3.63, 3.8) is 0 Å². The van der Waals surface area contributed by atoms with Crippen molar-refractivity contribution in [3.8, 4) is 5.75 Å². The van der Waals surface area contributed by atoms with Crippen LogP contribution in [-0.4, -0.2) is 25.0 Å². The van der Waals surface area contributed by atoms with Crippen molar-refractivity contribution in [3.05, 3.63) is 52.5 Å². The molecule has 1 saturated heterocycles. The fourth-order valence-corrected chi connectivity index (χ4v) is 2.99. The Morgan fingerprint density at radius 2 is 1.84 bits per heavy atom. The van der Waals surface area contributed by atoms with E-state index in [0.29, 0.717) is 16.5 Å². The summed E-state index contributed by atoms with van der Waals surface area (Å²) in [6.45, 7) is 3.81. The maximum absolute atomic E-state index is 12.8. The highest BCUT2D eigenvalue weighted by Crippen LogP contribution is 2.36. The lowest BCUT2D eigenvalue weighted by Crippen LogP contribution is -2.35. The number of methoxy groups -OCH3 is 1.